The van der Waals surface area contributed by atoms with Crippen LogP contribution in [0.15, 0.2) is 30.9 Å². The molecule has 1 saturated heterocycles. The summed E-state index contributed by atoms with van der Waals surface area (Å²) in [6.45, 7) is 6.50. The lowest BCUT2D eigenvalue weighted by Crippen LogP contribution is -2.38. The molecule has 1 aliphatic rings. The Bertz CT molecular complexity index is 895. The smallest absolute Gasteiger partial charge is 0.141 e. The number of rotatable bonds is 7. The summed E-state index contributed by atoms with van der Waals surface area (Å²) in [5.41, 5.74) is 3.15. The van der Waals surface area contributed by atoms with Crippen molar-refractivity contribution in [2.45, 2.75) is 26.3 Å². The van der Waals surface area contributed by atoms with Crippen LogP contribution in [0.25, 0.3) is 22.2 Å². The first-order chi connectivity index (χ1) is 13.2. The Hall–Kier alpha value is -2.38. The van der Waals surface area contributed by atoms with Gasteiger partial charge in [0.05, 0.1) is 31.3 Å². The normalized spacial score (nSPS) is 16.7. The monoisotopic (exact) mass is 369 g/mol. The van der Waals surface area contributed by atoms with E-state index in [9.17, 15) is 0 Å². The second kappa shape index (κ2) is 7.70. The van der Waals surface area contributed by atoms with Crippen LogP contribution in [-0.2, 0) is 11.3 Å². The molecular formula is C20H27N5O2. The van der Waals surface area contributed by atoms with E-state index < -0.39 is 0 Å². The van der Waals surface area contributed by atoms with Crippen molar-refractivity contribution in [3.63, 3.8) is 0 Å². The largest absolute Gasteiger partial charge is 0.492 e. The van der Waals surface area contributed by atoms with Crippen LogP contribution in [0.3, 0.4) is 0 Å². The predicted molar refractivity (Wildman–Crippen MR) is 105 cm³/mol. The Balaban J connectivity index is 1.60. The average Bonchev–Trinajstić information content (AvgIpc) is 3.32. The lowest BCUT2D eigenvalue weighted by atomic mass is 9.82. The van der Waals surface area contributed by atoms with Gasteiger partial charge in [0.25, 0.3) is 0 Å². The Kier molecular flexibility index (Phi) is 5.13. The van der Waals surface area contributed by atoms with Crippen LogP contribution in [0.4, 0.5) is 0 Å². The lowest BCUT2D eigenvalue weighted by Gasteiger charge is -2.33. The first-order valence-corrected chi connectivity index (χ1v) is 9.50. The SMILES string of the molecule is COCCn1cc(-c2c[nH]c3nccc(OCC4(C)CCNCC4)c23)cn1. The third kappa shape index (κ3) is 3.84. The summed E-state index contributed by atoms with van der Waals surface area (Å²) in [6, 6.07) is 1.96. The average molecular weight is 369 g/mol. The van der Waals surface area contributed by atoms with Crippen LogP contribution in [-0.4, -0.2) is 53.2 Å². The first kappa shape index (κ1) is 18.0. The highest BCUT2D eigenvalue weighted by molar-refractivity contribution is 5.97. The molecule has 4 rings (SSSR count). The second-order valence-corrected chi connectivity index (χ2v) is 7.57. The molecule has 7 nitrogen and oxygen atoms in total. The molecule has 0 saturated carbocycles. The molecular weight excluding hydrogens is 342 g/mol. The Labute approximate surface area is 159 Å². The highest BCUT2D eigenvalue weighted by atomic mass is 16.5. The van der Waals surface area contributed by atoms with Crippen LogP contribution < -0.4 is 10.1 Å². The van der Waals surface area contributed by atoms with E-state index in [-0.39, 0.29) is 5.41 Å². The van der Waals surface area contributed by atoms with Gasteiger partial charge in [-0.3, -0.25) is 4.68 Å². The maximum absolute atomic E-state index is 6.32. The van der Waals surface area contributed by atoms with Gasteiger partial charge in [0, 0.05) is 42.2 Å². The van der Waals surface area contributed by atoms with E-state index in [1.807, 2.05) is 29.3 Å². The first-order valence-electron chi connectivity index (χ1n) is 9.50. The zero-order chi connectivity index (χ0) is 18.7. The molecule has 2 N–H and O–H groups in total. The van der Waals surface area contributed by atoms with E-state index in [1.165, 1.54) is 0 Å². The summed E-state index contributed by atoms with van der Waals surface area (Å²) in [5, 5.41) is 8.87. The predicted octanol–water partition coefficient (Wildman–Crippen LogP) is 2.84. The number of H-pyrrole nitrogens is 1. The molecule has 0 aromatic carbocycles. The van der Waals surface area contributed by atoms with Crippen molar-refractivity contribution in [1.29, 1.82) is 0 Å². The zero-order valence-corrected chi connectivity index (χ0v) is 16.0. The molecule has 1 aliphatic heterocycles. The van der Waals surface area contributed by atoms with E-state index in [2.05, 4.69) is 27.3 Å². The summed E-state index contributed by atoms with van der Waals surface area (Å²) in [6.07, 6.45) is 9.95. The molecule has 3 aromatic heterocycles. The molecule has 4 heterocycles. The van der Waals surface area contributed by atoms with Gasteiger partial charge in [-0.1, -0.05) is 6.92 Å². The standard InChI is InChI=1S/C20H27N5O2/c1-20(4-7-21-8-5-20)14-27-17-3-6-22-19-18(17)16(12-23-19)15-11-24-25(13-15)9-10-26-2/h3,6,11-13,21H,4-5,7-10,14H2,1-2H3,(H,22,23). The van der Waals surface area contributed by atoms with Gasteiger partial charge in [0.2, 0.25) is 0 Å². The number of methoxy groups -OCH3 is 1. The molecule has 0 amide bonds. The fraction of sp³-hybridized carbons (Fsp3) is 0.500. The number of fused-ring (bicyclic) bond motifs is 1. The van der Waals surface area contributed by atoms with E-state index >= 15 is 0 Å². The number of nitrogens with zero attached hydrogens (tertiary/aromatic N) is 3. The molecule has 0 atom stereocenters. The molecule has 144 valence electrons. The topological polar surface area (TPSA) is 77.0 Å². The fourth-order valence-electron chi connectivity index (χ4n) is 3.61. The number of piperidine rings is 1. The second-order valence-electron chi connectivity index (χ2n) is 7.57. The lowest BCUT2D eigenvalue weighted by molar-refractivity contribution is 0.124. The molecule has 0 unspecified atom stereocenters. The van der Waals surface area contributed by atoms with Crippen molar-refractivity contribution >= 4 is 11.0 Å². The van der Waals surface area contributed by atoms with Crippen LogP contribution >= 0.6 is 0 Å². The van der Waals surface area contributed by atoms with Crippen molar-refractivity contribution in [3.05, 3.63) is 30.9 Å². The van der Waals surface area contributed by atoms with Gasteiger partial charge in [-0.25, -0.2) is 4.98 Å². The van der Waals surface area contributed by atoms with E-state index in [0.29, 0.717) is 13.2 Å². The van der Waals surface area contributed by atoms with Crippen LogP contribution in [0.2, 0.25) is 0 Å². The van der Waals surface area contributed by atoms with Crippen LogP contribution in [0.5, 0.6) is 5.75 Å². The number of hydrogen-bond donors (Lipinski definition) is 2. The highest BCUT2D eigenvalue weighted by Gasteiger charge is 2.28. The summed E-state index contributed by atoms with van der Waals surface area (Å²) < 4.78 is 13.3. The number of pyridine rings is 1. The molecule has 0 bridgehead atoms. The van der Waals surface area contributed by atoms with Gasteiger partial charge >= 0.3 is 0 Å². The Morgan fingerprint density at radius 3 is 2.96 bits per heavy atom. The van der Waals surface area contributed by atoms with Gasteiger partial charge in [0.15, 0.2) is 0 Å². The van der Waals surface area contributed by atoms with Gasteiger partial charge in [-0.05, 0) is 32.0 Å². The van der Waals surface area contributed by atoms with Crippen molar-refractivity contribution < 1.29 is 9.47 Å². The quantitative estimate of drug-likeness (QED) is 0.670. The molecule has 0 aliphatic carbocycles. The van der Waals surface area contributed by atoms with Gasteiger partial charge in [-0.2, -0.15) is 5.10 Å². The Morgan fingerprint density at radius 2 is 2.15 bits per heavy atom. The molecule has 0 radical (unpaired) electrons. The van der Waals surface area contributed by atoms with Crippen molar-refractivity contribution in [2.75, 3.05) is 33.4 Å². The highest BCUT2D eigenvalue weighted by Crippen LogP contribution is 2.36. The van der Waals surface area contributed by atoms with E-state index in [4.69, 9.17) is 9.47 Å². The molecule has 3 aromatic rings. The number of ether oxygens (including phenoxy) is 2. The summed E-state index contributed by atoms with van der Waals surface area (Å²) >= 11 is 0. The minimum absolute atomic E-state index is 0.211. The van der Waals surface area contributed by atoms with Gasteiger partial charge < -0.3 is 19.8 Å². The third-order valence-corrected chi connectivity index (χ3v) is 5.39. The summed E-state index contributed by atoms with van der Waals surface area (Å²) in [4.78, 5) is 7.73. The fourth-order valence-corrected chi connectivity index (χ4v) is 3.61. The maximum atomic E-state index is 6.32. The van der Waals surface area contributed by atoms with Gasteiger partial charge in [-0.15, -0.1) is 0 Å². The summed E-state index contributed by atoms with van der Waals surface area (Å²) in [5.74, 6) is 0.876. The summed E-state index contributed by atoms with van der Waals surface area (Å²) in [7, 11) is 1.70. The molecule has 0 spiro atoms. The number of aromatic amines is 1. The van der Waals surface area contributed by atoms with Gasteiger partial charge in [0.1, 0.15) is 11.4 Å². The minimum atomic E-state index is 0.211. The van der Waals surface area contributed by atoms with Crippen LogP contribution in [0.1, 0.15) is 19.8 Å². The van der Waals surface area contributed by atoms with E-state index in [0.717, 1.165) is 60.4 Å². The number of nitrogens with one attached hydrogen (secondary N) is 2. The molecule has 27 heavy (non-hydrogen) atoms. The van der Waals surface area contributed by atoms with Crippen molar-refractivity contribution in [1.82, 2.24) is 25.1 Å². The molecule has 1 fully saturated rings. The van der Waals surface area contributed by atoms with Crippen LogP contribution in [0, 0.1) is 5.41 Å². The van der Waals surface area contributed by atoms with E-state index in [1.54, 1.807) is 13.3 Å². The van der Waals surface area contributed by atoms with Crippen molar-refractivity contribution in [2.24, 2.45) is 5.41 Å². The number of hydrogen-bond acceptors (Lipinski definition) is 5. The minimum Gasteiger partial charge on any atom is -0.492 e. The number of aromatic nitrogens is 4. The third-order valence-electron chi connectivity index (χ3n) is 5.39. The zero-order valence-electron chi connectivity index (χ0n) is 16.0. The maximum Gasteiger partial charge on any atom is 0.141 e. The van der Waals surface area contributed by atoms with Crippen molar-refractivity contribution in [3.8, 4) is 16.9 Å². The Morgan fingerprint density at radius 1 is 1.30 bits per heavy atom. The molecule has 7 heteroatoms.